The largest absolute Gasteiger partial charge is 0.469 e. The highest BCUT2D eigenvalue weighted by molar-refractivity contribution is 5.85. The van der Waals surface area contributed by atoms with Crippen molar-refractivity contribution in [2.24, 2.45) is 5.92 Å². The molecule has 0 saturated heterocycles. The molecule has 0 aliphatic carbocycles. The van der Waals surface area contributed by atoms with Crippen LogP contribution in [-0.4, -0.2) is 35.9 Å². The molecule has 0 radical (unpaired) electrons. The minimum atomic E-state index is -1.01. The molecule has 2 amide bonds. The first-order valence-corrected chi connectivity index (χ1v) is 12.3. The number of hydrogen-bond donors (Lipinski definition) is 2. The quantitative estimate of drug-likeness (QED) is 0.271. The molecular formula is C29H32FN3O6. The zero-order chi connectivity index (χ0) is 28.4. The van der Waals surface area contributed by atoms with Gasteiger partial charge in [0.1, 0.15) is 18.0 Å². The van der Waals surface area contributed by atoms with Gasteiger partial charge < -0.3 is 19.5 Å². The van der Waals surface area contributed by atoms with Gasteiger partial charge in [-0.1, -0.05) is 60.7 Å². The molecule has 1 heterocycles. The van der Waals surface area contributed by atoms with E-state index in [0.717, 1.165) is 17.8 Å². The molecule has 0 bridgehead atoms. The summed E-state index contributed by atoms with van der Waals surface area (Å²) in [7, 11) is 1.23. The molecule has 9 nitrogen and oxygen atoms in total. The summed E-state index contributed by atoms with van der Waals surface area (Å²) < 4.78 is 29.9. The van der Waals surface area contributed by atoms with E-state index in [1.807, 2.05) is 18.2 Å². The Labute approximate surface area is 226 Å². The second-order valence-electron chi connectivity index (χ2n) is 9.70. The third kappa shape index (κ3) is 9.10. The maximum atomic E-state index is 14.1. The van der Waals surface area contributed by atoms with E-state index in [-0.39, 0.29) is 24.4 Å². The average Bonchev–Trinajstić information content (AvgIpc) is 2.90. The van der Waals surface area contributed by atoms with Crippen LogP contribution in [-0.2, 0) is 32.0 Å². The van der Waals surface area contributed by atoms with Gasteiger partial charge in [-0.15, -0.1) is 0 Å². The lowest BCUT2D eigenvalue weighted by Gasteiger charge is -2.28. The molecule has 0 aliphatic heterocycles. The fourth-order valence-corrected chi connectivity index (χ4v) is 3.82. The van der Waals surface area contributed by atoms with Crippen molar-refractivity contribution in [2.75, 3.05) is 12.4 Å². The van der Waals surface area contributed by atoms with E-state index in [1.165, 1.54) is 7.11 Å². The van der Waals surface area contributed by atoms with Crippen LogP contribution in [0.1, 0.15) is 43.6 Å². The van der Waals surface area contributed by atoms with Gasteiger partial charge in [0, 0.05) is 12.5 Å². The van der Waals surface area contributed by atoms with E-state index in [9.17, 15) is 18.8 Å². The number of methoxy groups -OCH3 is 1. The number of alkyl carbamates (subject to hydrolysis) is 1. The molecule has 1 aromatic heterocycles. The Bertz CT molecular complexity index is 1270. The van der Waals surface area contributed by atoms with Crippen LogP contribution in [0.3, 0.4) is 0 Å². The van der Waals surface area contributed by atoms with Gasteiger partial charge in [0.2, 0.25) is 0 Å². The van der Waals surface area contributed by atoms with E-state index in [0.29, 0.717) is 5.56 Å². The number of pyridine rings is 1. The number of hydrogen-bond acceptors (Lipinski definition) is 7. The highest BCUT2D eigenvalue weighted by atomic mass is 19.1. The number of nitrogens with one attached hydrogen (secondary N) is 2. The van der Waals surface area contributed by atoms with Crippen LogP contribution < -0.4 is 10.6 Å². The van der Waals surface area contributed by atoms with Crippen LogP contribution in [0.2, 0.25) is 0 Å². The van der Waals surface area contributed by atoms with E-state index in [4.69, 9.17) is 14.2 Å². The third-order valence-electron chi connectivity index (χ3n) is 5.54. The number of nitrogens with zero attached hydrogens (tertiary/aromatic N) is 1. The van der Waals surface area contributed by atoms with Gasteiger partial charge in [-0.05, 0) is 31.9 Å². The second kappa shape index (κ2) is 13.4. The molecule has 39 heavy (non-hydrogen) atoms. The molecule has 0 aliphatic rings. The first-order chi connectivity index (χ1) is 18.6. The lowest BCUT2D eigenvalue weighted by molar-refractivity contribution is -0.146. The minimum Gasteiger partial charge on any atom is -0.469 e. The van der Waals surface area contributed by atoms with Gasteiger partial charge in [0.15, 0.2) is 0 Å². The first-order valence-electron chi connectivity index (χ1n) is 12.3. The lowest BCUT2D eigenvalue weighted by atomic mass is 9.88. The molecular weight excluding hydrogens is 505 g/mol. The number of esters is 1. The van der Waals surface area contributed by atoms with Gasteiger partial charge in [-0.3, -0.25) is 15.1 Å². The fourth-order valence-electron chi connectivity index (χ4n) is 3.82. The molecule has 10 heteroatoms. The standard InChI is InChI=1S/C29H32FN3O6/c1-29(2,3)39-28(36)33-25(20-13-9-6-10-14-20)22(26(34)37-4)16-23-24(15-21(30)17-31-23)32-27(35)38-18-19-11-7-5-8-12-19/h5-15,17,22,25H,16,18H2,1-4H3,(H,32,35)(H,33,36)/t22?,25-/m1/s1. The van der Waals surface area contributed by atoms with E-state index in [1.54, 1.807) is 63.2 Å². The monoisotopic (exact) mass is 537 g/mol. The number of carbonyl (C=O) groups excluding carboxylic acids is 3. The van der Waals surface area contributed by atoms with Crippen LogP contribution in [0.15, 0.2) is 72.9 Å². The van der Waals surface area contributed by atoms with Crippen molar-refractivity contribution in [3.63, 3.8) is 0 Å². The van der Waals surface area contributed by atoms with Gasteiger partial charge in [0.25, 0.3) is 0 Å². The van der Waals surface area contributed by atoms with Crippen LogP contribution >= 0.6 is 0 Å². The molecule has 2 N–H and O–H groups in total. The van der Waals surface area contributed by atoms with Gasteiger partial charge in [-0.2, -0.15) is 0 Å². The zero-order valence-electron chi connectivity index (χ0n) is 22.3. The van der Waals surface area contributed by atoms with Crippen molar-refractivity contribution >= 4 is 23.8 Å². The number of ether oxygens (including phenoxy) is 3. The molecule has 3 aromatic rings. The van der Waals surface area contributed by atoms with E-state index < -0.39 is 41.5 Å². The Morgan fingerprint density at radius 3 is 2.23 bits per heavy atom. The fraction of sp³-hybridized carbons (Fsp3) is 0.310. The number of amides is 2. The molecule has 206 valence electrons. The van der Waals surface area contributed by atoms with E-state index >= 15 is 0 Å². The smallest absolute Gasteiger partial charge is 0.412 e. The van der Waals surface area contributed by atoms with Gasteiger partial charge in [-0.25, -0.2) is 14.0 Å². The Kier molecular flexibility index (Phi) is 9.97. The van der Waals surface area contributed by atoms with Crippen molar-refractivity contribution in [1.29, 1.82) is 0 Å². The summed E-state index contributed by atoms with van der Waals surface area (Å²) >= 11 is 0. The molecule has 2 atom stereocenters. The maximum absolute atomic E-state index is 14.1. The summed E-state index contributed by atoms with van der Waals surface area (Å²) in [5, 5.41) is 5.27. The number of aromatic nitrogens is 1. The number of carbonyl (C=O) groups is 3. The second-order valence-corrected chi connectivity index (χ2v) is 9.70. The van der Waals surface area contributed by atoms with Crippen LogP contribution in [0.4, 0.5) is 19.7 Å². The number of benzene rings is 2. The number of halogens is 1. The molecule has 0 fully saturated rings. The predicted molar refractivity (Wildman–Crippen MR) is 142 cm³/mol. The van der Waals surface area contributed by atoms with Crippen molar-refractivity contribution in [3.8, 4) is 0 Å². The van der Waals surface area contributed by atoms with Crippen LogP contribution in [0.25, 0.3) is 0 Å². The zero-order valence-corrected chi connectivity index (χ0v) is 22.3. The molecule has 2 aromatic carbocycles. The van der Waals surface area contributed by atoms with Crippen LogP contribution in [0, 0.1) is 11.7 Å². The Balaban J connectivity index is 1.88. The average molecular weight is 538 g/mol. The predicted octanol–water partition coefficient (Wildman–Crippen LogP) is 5.57. The van der Waals surface area contributed by atoms with Crippen LogP contribution in [0.5, 0.6) is 0 Å². The van der Waals surface area contributed by atoms with Crippen molar-refractivity contribution in [1.82, 2.24) is 10.3 Å². The summed E-state index contributed by atoms with van der Waals surface area (Å²) in [5.41, 5.74) is 0.816. The molecule has 0 saturated carbocycles. The van der Waals surface area contributed by atoms with E-state index in [2.05, 4.69) is 15.6 Å². The molecule has 1 unspecified atom stereocenters. The Hall–Kier alpha value is -4.47. The minimum absolute atomic E-state index is 0.00538. The van der Waals surface area contributed by atoms with Crippen molar-refractivity contribution < 1.29 is 33.0 Å². The summed E-state index contributed by atoms with van der Waals surface area (Å²) in [6, 6.07) is 18.1. The summed E-state index contributed by atoms with van der Waals surface area (Å²) in [6.07, 6.45) is -0.701. The highest BCUT2D eigenvalue weighted by Crippen LogP contribution is 2.29. The van der Waals surface area contributed by atoms with Crippen molar-refractivity contribution in [2.45, 2.75) is 45.4 Å². The third-order valence-corrected chi connectivity index (χ3v) is 5.54. The Morgan fingerprint density at radius 1 is 0.974 bits per heavy atom. The normalized spacial score (nSPS) is 12.5. The first kappa shape index (κ1) is 29.1. The number of rotatable bonds is 9. The maximum Gasteiger partial charge on any atom is 0.412 e. The summed E-state index contributed by atoms with van der Waals surface area (Å²) in [6.45, 7) is 5.17. The topological polar surface area (TPSA) is 116 Å². The van der Waals surface area contributed by atoms with Crippen molar-refractivity contribution in [3.05, 3.63) is 95.6 Å². The SMILES string of the molecule is COC(=O)C(Cc1ncc(F)cc1NC(=O)OCc1ccccc1)[C@H](NC(=O)OC(C)(C)C)c1ccccc1. The van der Waals surface area contributed by atoms with Gasteiger partial charge in [0.05, 0.1) is 36.6 Å². The highest BCUT2D eigenvalue weighted by Gasteiger charge is 2.34. The number of anilines is 1. The summed E-state index contributed by atoms with van der Waals surface area (Å²) in [5.74, 6) is -2.36. The lowest BCUT2D eigenvalue weighted by Crippen LogP contribution is -2.41. The van der Waals surface area contributed by atoms with Gasteiger partial charge >= 0.3 is 18.2 Å². The molecule has 0 spiro atoms. The molecule has 3 rings (SSSR count). The summed E-state index contributed by atoms with van der Waals surface area (Å²) in [4.78, 5) is 42.4. The Morgan fingerprint density at radius 2 is 1.62 bits per heavy atom.